The van der Waals surface area contributed by atoms with Crippen molar-refractivity contribution >= 4 is 5.91 Å². The molecule has 24 heavy (non-hydrogen) atoms. The Morgan fingerprint density at radius 1 is 1.33 bits per heavy atom. The van der Waals surface area contributed by atoms with Crippen molar-refractivity contribution in [1.29, 1.82) is 5.26 Å². The first kappa shape index (κ1) is 16.1. The van der Waals surface area contributed by atoms with Crippen LogP contribution in [-0.4, -0.2) is 23.2 Å². The highest BCUT2D eigenvalue weighted by molar-refractivity contribution is 5.94. The van der Waals surface area contributed by atoms with Gasteiger partial charge in [-0.25, -0.2) is 0 Å². The molecule has 1 amide bonds. The fourth-order valence-corrected chi connectivity index (χ4v) is 3.13. The van der Waals surface area contributed by atoms with Crippen LogP contribution in [0.1, 0.15) is 52.6 Å². The Balaban J connectivity index is 1.83. The average Bonchev–Trinajstić information content (AvgIpc) is 2.88. The van der Waals surface area contributed by atoms with Crippen molar-refractivity contribution in [2.45, 2.75) is 38.1 Å². The first-order valence-electron chi connectivity index (χ1n) is 8.14. The SMILES string of the molecule is COc1ccccc1C(C#N)NC(=O)c1n[nH]c2c1CCCCC2. The molecule has 1 heterocycles. The van der Waals surface area contributed by atoms with Crippen molar-refractivity contribution in [3.05, 3.63) is 46.8 Å². The Hall–Kier alpha value is -2.81. The van der Waals surface area contributed by atoms with Crippen molar-refractivity contribution in [2.75, 3.05) is 7.11 Å². The van der Waals surface area contributed by atoms with Gasteiger partial charge in [-0.3, -0.25) is 9.89 Å². The van der Waals surface area contributed by atoms with Crippen LogP contribution in [0.15, 0.2) is 24.3 Å². The fourth-order valence-electron chi connectivity index (χ4n) is 3.13. The minimum Gasteiger partial charge on any atom is -0.496 e. The molecule has 6 nitrogen and oxygen atoms in total. The second-order valence-corrected chi connectivity index (χ2v) is 5.87. The zero-order valence-corrected chi connectivity index (χ0v) is 13.6. The summed E-state index contributed by atoms with van der Waals surface area (Å²) in [7, 11) is 1.54. The highest BCUT2D eigenvalue weighted by Gasteiger charge is 2.24. The highest BCUT2D eigenvalue weighted by Crippen LogP contribution is 2.26. The molecule has 1 aromatic heterocycles. The molecule has 0 aliphatic heterocycles. The number of aryl methyl sites for hydroxylation is 1. The number of hydrogen-bond donors (Lipinski definition) is 2. The first-order valence-corrected chi connectivity index (χ1v) is 8.14. The molecule has 2 aromatic rings. The van der Waals surface area contributed by atoms with E-state index in [2.05, 4.69) is 21.6 Å². The number of carbonyl (C=O) groups is 1. The predicted molar refractivity (Wildman–Crippen MR) is 88.7 cm³/mol. The van der Waals surface area contributed by atoms with Crippen molar-refractivity contribution in [3.63, 3.8) is 0 Å². The summed E-state index contributed by atoms with van der Waals surface area (Å²) in [5.41, 5.74) is 3.07. The van der Waals surface area contributed by atoms with E-state index in [1.165, 1.54) is 0 Å². The second-order valence-electron chi connectivity index (χ2n) is 5.87. The van der Waals surface area contributed by atoms with Gasteiger partial charge in [0.2, 0.25) is 0 Å². The number of aromatic nitrogens is 2. The summed E-state index contributed by atoms with van der Waals surface area (Å²) in [6, 6.07) is 8.53. The zero-order chi connectivity index (χ0) is 16.9. The third-order valence-corrected chi connectivity index (χ3v) is 4.38. The Morgan fingerprint density at radius 3 is 2.92 bits per heavy atom. The van der Waals surface area contributed by atoms with Crippen LogP contribution in [-0.2, 0) is 12.8 Å². The van der Waals surface area contributed by atoms with Crippen molar-refractivity contribution in [3.8, 4) is 11.8 Å². The summed E-state index contributed by atoms with van der Waals surface area (Å²) in [5, 5.41) is 19.4. The summed E-state index contributed by atoms with van der Waals surface area (Å²) in [5.74, 6) is 0.247. The molecule has 1 unspecified atom stereocenters. The minimum absolute atomic E-state index is 0.327. The largest absolute Gasteiger partial charge is 0.496 e. The number of benzene rings is 1. The number of hydrogen-bond acceptors (Lipinski definition) is 4. The number of ether oxygens (including phenoxy) is 1. The normalized spacial score (nSPS) is 14.8. The molecule has 1 aliphatic rings. The third kappa shape index (κ3) is 3.11. The van der Waals surface area contributed by atoms with Gasteiger partial charge in [-0.15, -0.1) is 0 Å². The van der Waals surface area contributed by atoms with Crippen LogP contribution in [0, 0.1) is 11.3 Å². The topological polar surface area (TPSA) is 90.8 Å². The van der Waals surface area contributed by atoms with Gasteiger partial charge in [0.05, 0.1) is 13.2 Å². The van der Waals surface area contributed by atoms with E-state index in [0.717, 1.165) is 43.4 Å². The third-order valence-electron chi connectivity index (χ3n) is 4.38. The van der Waals surface area contributed by atoms with Crippen LogP contribution in [0.3, 0.4) is 0 Å². The van der Waals surface area contributed by atoms with Gasteiger partial charge in [-0.05, 0) is 31.7 Å². The number of fused-ring (bicyclic) bond motifs is 1. The summed E-state index contributed by atoms with van der Waals surface area (Å²) >= 11 is 0. The minimum atomic E-state index is -0.785. The molecule has 124 valence electrons. The Bertz CT molecular complexity index is 776. The maximum Gasteiger partial charge on any atom is 0.273 e. The van der Waals surface area contributed by atoms with Gasteiger partial charge in [-0.1, -0.05) is 24.6 Å². The lowest BCUT2D eigenvalue weighted by Crippen LogP contribution is -2.29. The summed E-state index contributed by atoms with van der Waals surface area (Å²) < 4.78 is 5.28. The molecular weight excluding hydrogens is 304 g/mol. The number of H-pyrrole nitrogens is 1. The summed E-state index contributed by atoms with van der Waals surface area (Å²) in [6.07, 6.45) is 5.09. The van der Waals surface area contributed by atoms with E-state index in [-0.39, 0.29) is 5.91 Å². The van der Waals surface area contributed by atoms with Crippen molar-refractivity contribution < 1.29 is 9.53 Å². The quantitative estimate of drug-likeness (QED) is 0.846. The van der Waals surface area contributed by atoms with E-state index in [1.807, 2.05) is 12.1 Å². The Labute approximate surface area is 140 Å². The number of nitrogens with one attached hydrogen (secondary N) is 2. The average molecular weight is 324 g/mol. The molecule has 0 fully saturated rings. The van der Waals surface area contributed by atoms with Crippen molar-refractivity contribution in [2.24, 2.45) is 0 Å². The maximum absolute atomic E-state index is 12.6. The molecule has 1 aliphatic carbocycles. The number of para-hydroxylation sites is 1. The molecule has 1 atom stereocenters. The molecule has 0 saturated carbocycles. The molecule has 0 spiro atoms. The number of carbonyl (C=O) groups excluding carboxylic acids is 1. The van der Waals surface area contributed by atoms with Gasteiger partial charge in [-0.2, -0.15) is 10.4 Å². The number of methoxy groups -OCH3 is 1. The molecule has 0 bridgehead atoms. The highest BCUT2D eigenvalue weighted by atomic mass is 16.5. The second kappa shape index (κ2) is 7.18. The molecule has 0 radical (unpaired) electrons. The lowest BCUT2D eigenvalue weighted by Gasteiger charge is -2.15. The van der Waals surface area contributed by atoms with E-state index in [4.69, 9.17) is 4.74 Å². The Kier molecular flexibility index (Phi) is 4.80. The van der Waals surface area contributed by atoms with Gasteiger partial charge >= 0.3 is 0 Å². The lowest BCUT2D eigenvalue weighted by atomic mass is 10.0. The van der Waals surface area contributed by atoms with Gasteiger partial charge in [0.1, 0.15) is 11.8 Å². The molecule has 1 aromatic carbocycles. The summed E-state index contributed by atoms with van der Waals surface area (Å²) in [6.45, 7) is 0. The zero-order valence-electron chi connectivity index (χ0n) is 13.6. The number of aromatic amines is 1. The van der Waals surface area contributed by atoms with Crippen molar-refractivity contribution in [1.82, 2.24) is 15.5 Å². The van der Waals surface area contributed by atoms with Gasteiger partial charge < -0.3 is 10.1 Å². The van der Waals surface area contributed by atoms with Crippen LogP contribution < -0.4 is 10.1 Å². The lowest BCUT2D eigenvalue weighted by molar-refractivity contribution is 0.0939. The molecule has 2 N–H and O–H groups in total. The predicted octanol–water partition coefficient (Wildman–Crippen LogP) is 2.68. The van der Waals surface area contributed by atoms with Crippen LogP contribution in [0.4, 0.5) is 0 Å². The first-order chi connectivity index (χ1) is 11.7. The van der Waals surface area contributed by atoms with E-state index >= 15 is 0 Å². The molecular formula is C18H20N4O2. The monoisotopic (exact) mass is 324 g/mol. The fraction of sp³-hybridized carbons (Fsp3) is 0.389. The number of amides is 1. The maximum atomic E-state index is 12.6. The van der Waals surface area contributed by atoms with E-state index in [9.17, 15) is 10.1 Å². The smallest absolute Gasteiger partial charge is 0.273 e. The van der Waals surface area contributed by atoms with Gasteiger partial charge in [0, 0.05) is 16.8 Å². The number of nitrogens with zero attached hydrogens (tertiary/aromatic N) is 2. The number of nitriles is 1. The summed E-state index contributed by atoms with van der Waals surface area (Å²) in [4.78, 5) is 12.6. The molecule has 6 heteroatoms. The van der Waals surface area contributed by atoms with E-state index in [1.54, 1.807) is 19.2 Å². The van der Waals surface area contributed by atoms with Crippen LogP contribution in [0.5, 0.6) is 5.75 Å². The number of rotatable bonds is 4. The van der Waals surface area contributed by atoms with Crippen LogP contribution in [0.2, 0.25) is 0 Å². The van der Waals surface area contributed by atoms with Gasteiger partial charge in [0.15, 0.2) is 5.69 Å². The molecule has 0 saturated heterocycles. The molecule has 3 rings (SSSR count). The standard InChI is InChI=1S/C18H20N4O2/c1-24-16-10-6-5-7-12(16)15(11-19)20-18(23)17-13-8-3-2-4-9-14(13)21-22-17/h5-7,10,15H,2-4,8-9H2,1H3,(H,20,23)(H,21,22). The van der Waals surface area contributed by atoms with E-state index < -0.39 is 6.04 Å². The van der Waals surface area contributed by atoms with Crippen LogP contribution in [0.25, 0.3) is 0 Å². The van der Waals surface area contributed by atoms with Crippen LogP contribution >= 0.6 is 0 Å². The van der Waals surface area contributed by atoms with E-state index in [0.29, 0.717) is 17.0 Å². The van der Waals surface area contributed by atoms with Gasteiger partial charge in [0.25, 0.3) is 5.91 Å². The Morgan fingerprint density at radius 2 is 2.12 bits per heavy atom.